The van der Waals surface area contributed by atoms with Crippen LogP contribution in [0.15, 0.2) is 53.4 Å². The summed E-state index contributed by atoms with van der Waals surface area (Å²) in [7, 11) is -2.40. The van der Waals surface area contributed by atoms with Gasteiger partial charge in [0.1, 0.15) is 11.4 Å². The highest BCUT2D eigenvalue weighted by atomic mass is 35.5. The number of anilines is 1. The van der Waals surface area contributed by atoms with Gasteiger partial charge in [0.2, 0.25) is 0 Å². The molecule has 2 aromatic carbocycles. The topological polar surface area (TPSA) is 130 Å². The lowest BCUT2D eigenvalue weighted by Gasteiger charge is -2.19. The maximum Gasteiger partial charge on any atom is 0.330 e. The number of aromatic nitrogens is 1. The van der Waals surface area contributed by atoms with E-state index in [4.69, 9.17) is 11.6 Å². The van der Waals surface area contributed by atoms with Crippen LogP contribution in [0, 0.1) is 0 Å². The van der Waals surface area contributed by atoms with Gasteiger partial charge in [-0.1, -0.05) is 11.6 Å². The van der Waals surface area contributed by atoms with Crippen LogP contribution in [0.3, 0.4) is 0 Å². The van der Waals surface area contributed by atoms with Gasteiger partial charge >= 0.3 is 6.03 Å². The average molecular weight is 465 g/mol. The molecule has 31 heavy (non-hydrogen) atoms. The van der Waals surface area contributed by atoms with Gasteiger partial charge in [-0.25, -0.2) is 17.9 Å². The second-order valence-corrected chi connectivity index (χ2v) is 9.51. The molecule has 1 heterocycles. The summed E-state index contributed by atoms with van der Waals surface area (Å²) in [4.78, 5) is 24.2. The number of carbonyl (C=O) groups is 2. The Morgan fingerprint density at radius 3 is 2.32 bits per heavy atom. The average Bonchev–Trinajstić information content (AvgIpc) is 2.96. The lowest BCUT2D eigenvalue weighted by molar-refractivity contribution is 0.0555. The Balaban J connectivity index is 1.74. The Hall–Kier alpha value is -3.08. The number of nitrogens with zero attached hydrogens (tertiary/aromatic N) is 1. The molecule has 3 amide bonds. The fourth-order valence-electron chi connectivity index (χ4n) is 2.94. The SMILES string of the molecule is Cn1c(C(=O)Nc2ccc(S(=O)(=O)NC(=O)NC(C)(C)O)cc2)cc2cc(Cl)ccc21. The van der Waals surface area contributed by atoms with Crippen LogP contribution in [0.5, 0.6) is 0 Å². The monoisotopic (exact) mass is 464 g/mol. The van der Waals surface area contributed by atoms with Gasteiger partial charge in [-0.15, -0.1) is 0 Å². The number of carbonyl (C=O) groups excluding carboxylic acids is 2. The van der Waals surface area contributed by atoms with Crippen molar-refractivity contribution in [2.24, 2.45) is 7.05 Å². The van der Waals surface area contributed by atoms with Crippen molar-refractivity contribution in [2.75, 3.05) is 5.32 Å². The van der Waals surface area contributed by atoms with Crippen LogP contribution in [0.1, 0.15) is 24.3 Å². The molecule has 3 rings (SSSR count). The fourth-order valence-corrected chi connectivity index (χ4v) is 4.02. The second-order valence-electron chi connectivity index (χ2n) is 7.39. The smallest absolute Gasteiger partial charge is 0.330 e. The standard InChI is InChI=1S/C20H21ClN4O5S/c1-20(2,28)23-19(27)24-31(29,30)15-7-5-14(6-8-15)22-18(26)17-11-12-10-13(21)4-9-16(12)25(17)3/h4-11,28H,1-3H3,(H,22,26)(H2,23,24,27). The van der Waals surface area contributed by atoms with Gasteiger partial charge in [0.15, 0.2) is 0 Å². The first-order chi connectivity index (χ1) is 14.4. The molecular formula is C20H21ClN4O5S. The van der Waals surface area contributed by atoms with Crippen LogP contribution in [0.2, 0.25) is 5.02 Å². The van der Waals surface area contributed by atoms with E-state index in [0.717, 1.165) is 10.9 Å². The summed E-state index contributed by atoms with van der Waals surface area (Å²) in [6.07, 6.45) is 0. The van der Waals surface area contributed by atoms with Crippen molar-refractivity contribution in [2.45, 2.75) is 24.5 Å². The highest BCUT2D eigenvalue weighted by molar-refractivity contribution is 7.90. The van der Waals surface area contributed by atoms with Crippen LogP contribution < -0.4 is 15.4 Å². The van der Waals surface area contributed by atoms with Gasteiger partial charge in [-0.3, -0.25) is 4.79 Å². The summed E-state index contributed by atoms with van der Waals surface area (Å²) in [5.74, 6) is -0.381. The lowest BCUT2D eigenvalue weighted by atomic mass is 10.2. The number of sulfonamides is 1. The number of fused-ring (bicyclic) bond motifs is 1. The number of nitrogens with one attached hydrogen (secondary N) is 3. The van der Waals surface area contributed by atoms with Crippen LogP contribution in [-0.2, 0) is 17.1 Å². The van der Waals surface area contributed by atoms with E-state index in [1.165, 1.54) is 38.1 Å². The summed E-state index contributed by atoms with van der Waals surface area (Å²) >= 11 is 6.00. The second kappa shape index (κ2) is 8.22. The third-order valence-electron chi connectivity index (χ3n) is 4.31. The number of urea groups is 1. The van der Waals surface area contributed by atoms with Crippen molar-refractivity contribution in [3.05, 3.63) is 59.2 Å². The number of rotatable bonds is 5. The highest BCUT2D eigenvalue weighted by Gasteiger charge is 2.22. The summed E-state index contributed by atoms with van der Waals surface area (Å²) in [6.45, 7) is 2.59. The molecular weight excluding hydrogens is 444 g/mol. The molecule has 0 aliphatic carbocycles. The molecule has 164 valence electrons. The van der Waals surface area contributed by atoms with E-state index < -0.39 is 21.8 Å². The molecule has 9 nitrogen and oxygen atoms in total. The van der Waals surface area contributed by atoms with Gasteiger partial charge in [-0.2, -0.15) is 0 Å². The summed E-state index contributed by atoms with van der Waals surface area (Å²) in [5, 5.41) is 15.7. The molecule has 0 radical (unpaired) electrons. The minimum Gasteiger partial charge on any atom is -0.372 e. The number of aliphatic hydroxyl groups is 1. The molecule has 0 aliphatic heterocycles. The Labute approximate surface area is 184 Å². The molecule has 0 aliphatic rings. The third-order valence-corrected chi connectivity index (χ3v) is 5.89. The van der Waals surface area contributed by atoms with Crippen LogP contribution in [0.4, 0.5) is 10.5 Å². The van der Waals surface area contributed by atoms with E-state index in [1.807, 2.05) is 6.07 Å². The maximum atomic E-state index is 12.7. The summed E-state index contributed by atoms with van der Waals surface area (Å²) in [5.41, 5.74) is 0.0272. The van der Waals surface area contributed by atoms with Crippen LogP contribution in [0.25, 0.3) is 10.9 Å². The van der Waals surface area contributed by atoms with Gasteiger partial charge in [-0.05, 0) is 62.4 Å². The largest absolute Gasteiger partial charge is 0.372 e. The molecule has 0 saturated carbocycles. The zero-order valence-corrected chi connectivity index (χ0v) is 18.5. The molecule has 3 aromatic rings. The molecule has 0 spiro atoms. The highest BCUT2D eigenvalue weighted by Crippen LogP contribution is 2.23. The molecule has 11 heteroatoms. The van der Waals surface area contributed by atoms with Gasteiger partial charge in [0, 0.05) is 28.7 Å². The van der Waals surface area contributed by atoms with Crippen molar-refractivity contribution in [3.63, 3.8) is 0 Å². The van der Waals surface area contributed by atoms with Crippen molar-refractivity contribution in [1.82, 2.24) is 14.6 Å². The zero-order valence-electron chi connectivity index (χ0n) is 16.9. The van der Waals surface area contributed by atoms with Crippen LogP contribution >= 0.6 is 11.6 Å². The molecule has 0 atom stereocenters. The van der Waals surface area contributed by atoms with E-state index in [0.29, 0.717) is 16.4 Å². The van der Waals surface area contributed by atoms with E-state index in [2.05, 4.69) is 10.6 Å². The zero-order chi connectivity index (χ0) is 23.0. The number of amides is 3. The van der Waals surface area contributed by atoms with E-state index >= 15 is 0 Å². The Morgan fingerprint density at radius 1 is 1.06 bits per heavy atom. The van der Waals surface area contributed by atoms with Gasteiger partial charge in [0.05, 0.1) is 4.90 Å². The van der Waals surface area contributed by atoms with E-state index in [9.17, 15) is 23.1 Å². The lowest BCUT2D eigenvalue weighted by Crippen LogP contribution is -2.49. The van der Waals surface area contributed by atoms with Crippen LogP contribution in [-0.4, -0.2) is 35.8 Å². The minimum absolute atomic E-state index is 0.185. The predicted molar refractivity (Wildman–Crippen MR) is 117 cm³/mol. The number of hydrogen-bond donors (Lipinski definition) is 4. The van der Waals surface area contributed by atoms with Crippen molar-refractivity contribution < 1.29 is 23.1 Å². The normalized spacial score (nSPS) is 11.9. The number of hydrogen-bond acceptors (Lipinski definition) is 5. The van der Waals surface area contributed by atoms with Crippen molar-refractivity contribution >= 4 is 50.2 Å². The summed E-state index contributed by atoms with van der Waals surface area (Å²) < 4.78 is 28.1. The third kappa shape index (κ3) is 5.35. The first-order valence-corrected chi connectivity index (χ1v) is 11.0. The molecule has 0 saturated heterocycles. The Bertz CT molecular complexity index is 1260. The number of aryl methyl sites for hydroxylation is 1. The van der Waals surface area contributed by atoms with Crippen molar-refractivity contribution in [3.8, 4) is 0 Å². The van der Waals surface area contributed by atoms with E-state index in [-0.39, 0.29) is 10.8 Å². The Kier molecular flexibility index (Phi) is 5.99. The number of halogens is 1. The Morgan fingerprint density at radius 2 is 1.71 bits per heavy atom. The molecule has 0 fully saturated rings. The maximum absolute atomic E-state index is 12.7. The molecule has 0 unspecified atom stereocenters. The van der Waals surface area contributed by atoms with Gasteiger partial charge < -0.3 is 20.3 Å². The first kappa shape index (κ1) is 22.6. The van der Waals surface area contributed by atoms with Crippen molar-refractivity contribution in [1.29, 1.82) is 0 Å². The fraction of sp³-hybridized carbons (Fsp3) is 0.200. The quantitative estimate of drug-likeness (QED) is 0.431. The molecule has 4 N–H and O–H groups in total. The van der Waals surface area contributed by atoms with Gasteiger partial charge in [0.25, 0.3) is 15.9 Å². The van der Waals surface area contributed by atoms with E-state index in [1.54, 1.807) is 34.5 Å². The summed E-state index contributed by atoms with van der Waals surface area (Å²) in [6, 6.07) is 11.2. The first-order valence-electron chi connectivity index (χ1n) is 9.09. The number of benzene rings is 2. The minimum atomic E-state index is -4.16. The molecule has 1 aromatic heterocycles. The molecule has 0 bridgehead atoms. The predicted octanol–water partition coefficient (Wildman–Crippen LogP) is 2.80.